The van der Waals surface area contributed by atoms with E-state index in [-0.39, 0.29) is 18.6 Å². The van der Waals surface area contributed by atoms with Gasteiger partial charge in [-0.1, -0.05) is 0 Å². The van der Waals surface area contributed by atoms with Crippen molar-refractivity contribution in [3.8, 4) is 5.75 Å². The lowest BCUT2D eigenvalue weighted by molar-refractivity contribution is 0.0252. The van der Waals surface area contributed by atoms with Gasteiger partial charge in [0.15, 0.2) is 17.5 Å². The SMILES string of the molecule is COc1ccc2ncc(CO)c([C@@H](O)CCC3(CO)CCN(CCSc4cc(F)c(F)c(F)c4)CC3)c2c1. The Morgan fingerprint density at radius 3 is 2.45 bits per heavy atom. The number of hydrogen-bond donors (Lipinski definition) is 3. The molecular weight excluding hydrogens is 517 g/mol. The number of aromatic nitrogens is 1. The lowest BCUT2D eigenvalue weighted by Gasteiger charge is -2.41. The number of halogens is 3. The minimum Gasteiger partial charge on any atom is -0.497 e. The molecule has 0 radical (unpaired) electrons. The quantitative estimate of drug-likeness (QED) is 0.233. The number of methoxy groups -OCH3 is 1. The predicted molar refractivity (Wildman–Crippen MR) is 141 cm³/mol. The van der Waals surface area contributed by atoms with Crippen LogP contribution in [0.1, 0.15) is 42.9 Å². The Balaban J connectivity index is 1.34. The van der Waals surface area contributed by atoms with E-state index in [0.717, 1.165) is 43.5 Å². The van der Waals surface area contributed by atoms with Crippen LogP contribution >= 0.6 is 11.8 Å². The molecule has 0 spiro atoms. The Hall–Kier alpha value is -2.37. The summed E-state index contributed by atoms with van der Waals surface area (Å²) in [6, 6.07) is 7.44. The fourth-order valence-corrected chi connectivity index (χ4v) is 6.07. The van der Waals surface area contributed by atoms with Crippen LogP contribution in [0.5, 0.6) is 5.75 Å². The van der Waals surface area contributed by atoms with Crippen LogP contribution in [0, 0.1) is 22.9 Å². The highest BCUT2D eigenvalue weighted by Crippen LogP contribution is 2.40. The highest BCUT2D eigenvalue weighted by Gasteiger charge is 2.34. The molecule has 0 saturated carbocycles. The van der Waals surface area contributed by atoms with Crippen LogP contribution in [0.4, 0.5) is 13.2 Å². The van der Waals surface area contributed by atoms with E-state index < -0.39 is 23.6 Å². The average Bonchev–Trinajstić information content (AvgIpc) is 2.94. The molecule has 1 atom stereocenters. The van der Waals surface area contributed by atoms with Gasteiger partial charge in [-0.25, -0.2) is 13.2 Å². The van der Waals surface area contributed by atoms with Crippen LogP contribution in [0.2, 0.25) is 0 Å². The van der Waals surface area contributed by atoms with E-state index in [0.29, 0.717) is 52.4 Å². The number of likely N-dealkylation sites (tertiary alicyclic amines) is 1. The van der Waals surface area contributed by atoms with Gasteiger partial charge in [0.1, 0.15) is 5.75 Å². The molecule has 3 N–H and O–H groups in total. The van der Waals surface area contributed by atoms with E-state index in [1.165, 1.54) is 11.8 Å². The molecule has 1 aliphatic heterocycles. The standard InChI is InChI=1S/C28H33F3N2O4S/c1-37-19-2-3-24-21(12-19)26(18(16-34)15-32-24)25(36)4-5-28(17-35)6-8-33(9-7-28)10-11-38-20-13-22(29)27(31)23(30)14-20/h2-3,12-15,25,34-36H,4-11,16-17H2,1H3/t25-/m0/s1. The zero-order valence-corrected chi connectivity index (χ0v) is 22.1. The summed E-state index contributed by atoms with van der Waals surface area (Å²) in [4.78, 5) is 6.97. The zero-order valence-electron chi connectivity index (χ0n) is 21.3. The van der Waals surface area contributed by atoms with Gasteiger partial charge in [0, 0.05) is 40.9 Å². The molecule has 10 heteroatoms. The number of benzene rings is 2. The van der Waals surface area contributed by atoms with Gasteiger partial charge >= 0.3 is 0 Å². The molecular formula is C28H33F3N2O4S. The average molecular weight is 551 g/mol. The van der Waals surface area contributed by atoms with Gasteiger partial charge in [-0.2, -0.15) is 0 Å². The van der Waals surface area contributed by atoms with Crippen LogP contribution in [-0.2, 0) is 6.61 Å². The molecule has 1 fully saturated rings. The Bertz CT molecular complexity index is 1230. The number of fused-ring (bicyclic) bond motifs is 1. The molecule has 0 aliphatic carbocycles. The highest BCUT2D eigenvalue weighted by molar-refractivity contribution is 7.99. The third-order valence-corrected chi connectivity index (χ3v) is 8.49. The van der Waals surface area contributed by atoms with Crippen LogP contribution in [0.15, 0.2) is 41.4 Å². The summed E-state index contributed by atoms with van der Waals surface area (Å²) in [5.74, 6) is -2.61. The lowest BCUT2D eigenvalue weighted by atomic mass is 9.74. The molecule has 3 aromatic rings. The molecule has 2 heterocycles. The minimum absolute atomic E-state index is 0.00815. The molecule has 0 amide bonds. The van der Waals surface area contributed by atoms with E-state index in [1.807, 2.05) is 12.1 Å². The van der Waals surface area contributed by atoms with E-state index in [2.05, 4.69) is 9.88 Å². The van der Waals surface area contributed by atoms with Gasteiger partial charge in [-0.15, -0.1) is 11.8 Å². The summed E-state index contributed by atoms with van der Waals surface area (Å²) in [7, 11) is 1.57. The first-order chi connectivity index (χ1) is 18.3. The van der Waals surface area contributed by atoms with Gasteiger partial charge in [0.05, 0.1) is 25.3 Å². The van der Waals surface area contributed by atoms with Crippen LogP contribution < -0.4 is 4.74 Å². The topological polar surface area (TPSA) is 86.0 Å². The van der Waals surface area contributed by atoms with Gasteiger partial charge in [-0.3, -0.25) is 4.98 Å². The maximum Gasteiger partial charge on any atom is 0.194 e. The van der Waals surface area contributed by atoms with Crippen molar-refractivity contribution in [3.63, 3.8) is 0 Å². The monoisotopic (exact) mass is 550 g/mol. The van der Waals surface area contributed by atoms with Crippen LogP contribution in [0.3, 0.4) is 0 Å². The van der Waals surface area contributed by atoms with E-state index in [4.69, 9.17) is 4.74 Å². The number of rotatable bonds is 11. The number of pyridine rings is 1. The van der Waals surface area contributed by atoms with E-state index >= 15 is 0 Å². The summed E-state index contributed by atoms with van der Waals surface area (Å²) in [6.07, 6.45) is 3.27. The molecule has 1 aliphatic rings. The molecule has 38 heavy (non-hydrogen) atoms. The molecule has 6 nitrogen and oxygen atoms in total. The molecule has 206 valence electrons. The smallest absolute Gasteiger partial charge is 0.194 e. The molecule has 0 unspecified atom stereocenters. The van der Waals surface area contributed by atoms with Crippen molar-refractivity contribution in [1.82, 2.24) is 9.88 Å². The maximum atomic E-state index is 13.4. The fraction of sp³-hybridized carbons (Fsp3) is 0.464. The summed E-state index contributed by atoms with van der Waals surface area (Å²) < 4.78 is 45.4. The molecule has 1 aromatic heterocycles. The predicted octanol–water partition coefficient (Wildman–Crippen LogP) is 4.83. The van der Waals surface area contributed by atoms with Crippen molar-refractivity contribution >= 4 is 22.7 Å². The Kier molecular flexibility index (Phi) is 9.54. The second kappa shape index (κ2) is 12.7. The first kappa shape index (κ1) is 28.6. The normalized spacial score (nSPS) is 16.6. The third kappa shape index (κ3) is 6.43. The van der Waals surface area contributed by atoms with Crippen molar-refractivity contribution in [2.24, 2.45) is 5.41 Å². The molecule has 2 aromatic carbocycles. The van der Waals surface area contributed by atoms with Crippen molar-refractivity contribution in [3.05, 3.63) is 65.1 Å². The number of hydrogen-bond acceptors (Lipinski definition) is 7. The summed E-state index contributed by atoms with van der Waals surface area (Å²) in [6.45, 7) is 1.96. The highest BCUT2D eigenvalue weighted by atomic mass is 32.2. The molecule has 1 saturated heterocycles. The Morgan fingerprint density at radius 1 is 1.11 bits per heavy atom. The van der Waals surface area contributed by atoms with Gasteiger partial charge < -0.3 is 25.0 Å². The van der Waals surface area contributed by atoms with Crippen molar-refractivity contribution in [2.45, 2.75) is 43.3 Å². The lowest BCUT2D eigenvalue weighted by Crippen LogP contribution is -2.43. The first-order valence-corrected chi connectivity index (χ1v) is 13.6. The number of piperidine rings is 1. The number of aliphatic hydroxyl groups excluding tert-OH is 3. The first-order valence-electron chi connectivity index (χ1n) is 12.6. The Labute approximate surface area is 224 Å². The number of aliphatic hydroxyl groups is 3. The summed E-state index contributed by atoms with van der Waals surface area (Å²) in [5, 5.41) is 32.1. The maximum absolute atomic E-state index is 13.4. The number of ether oxygens (including phenoxy) is 1. The van der Waals surface area contributed by atoms with Gasteiger partial charge in [-0.05, 0) is 80.1 Å². The largest absolute Gasteiger partial charge is 0.497 e. The molecule has 0 bridgehead atoms. The number of nitrogens with zero attached hydrogens (tertiary/aromatic N) is 2. The summed E-state index contributed by atoms with van der Waals surface area (Å²) >= 11 is 1.27. The second-order valence-electron chi connectivity index (χ2n) is 9.84. The van der Waals surface area contributed by atoms with E-state index in [1.54, 1.807) is 19.4 Å². The molecule has 4 rings (SSSR count). The van der Waals surface area contributed by atoms with Gasteiger partial charge in [0.2, 0.25) is 0 Å². The van der Waals surface area contributed by atoms with Crippen molar-refractivity contribution in [1.29, 1.82) is 0 Å². The van der Waals surface area contributed by atoms with Crippen molar-refractivity contribution in [2.75, 3.05) is 39.1 Å². The fourth-order valence-electron chi connectivity index (χ4n) is 5.11. The third-order valence-electron chi connectivity index (χ3n) is 7.54. The van der Waals surface area contributed by atoms with Crippen molar-refractivity contribution < 1.29 is 33.2 Å². The van der Waals surface area contributed by atoms with Crippen LogP contribution in [-0.4, -0.2) is 64.3 Å². The summed E-state index contributed by atoms with van der Waals surface area (Å²) in [5.41, 5.74) is 1.57. The van der Waals surface area contributed by atoms with Crippen LogP contribution in [0.25, 0.3) is 10.9 Å². The minimum atomic E-state index is -1.46. The Morgan fingerprint density at radius 2 is 1.82 bits per heavy atom. The zero-order chi connectivity index (χ0) is 27.3. The van der Waals surface area contributed by atoms with Gasteiger partial charge in [0.25, 0.3) is 0 Å². The van der Waals surface area contributed by atoms with E-state index in [9.17, 15) is 28.5 Å². The second-order valence-corrected chi connectivity index (χ2v) is 11.0. The number of thioether (sulfide) groups is 1.